The molecule has 0 saturated carbocycles. The summed E-state index contributed by atoms with van der Waals surface area (Å²) in [5.74, 6) is -0.762. The topological polar surface area (TPSA) is 64.7 Å². The first-order valence-electron chi connectivity index (χ1n) is 10.6. The van der Waals surface area contributed by atoms with Gasteiger partial charge in [0, 0.05) is 54.9 Å². The number of amides is 2. The number of fused-ring (bicyclic) bond motifs is 1. The van der Waals surface area contributed by atoms with Crippen molar-refractivity contribution in [3.8, 4) is 11.1 Å². The van der Waals surface area contributed by atoms with Crippen LogP contribution in [0.3, 0.4) is 0 Å². The Morgan fingerprint density at radius 1 is 0.906 bits per heavy atom. The average molecular weight is 445 g/mol. The molecule has 2 aliphatic rings. The zero-order chi connectivity index (χ0) is 22.1. The zero-order valence-electron chi connectivity index (χ0n) is 17.8. The molecule has 5 rings (SSSR count). The Kier molecular flexibility index (Phi) is 5.51. The van der Waals surface area contributed by atoms with Gasteiger partial charge in [-0.25, -0.2) is 0 Å². The molecule has 3 heterocycles. The minimum atomic E-state index is -0.397. The van der Waals surface area contributed by atoms with Crippen LogP contribution in [0, 0.1) is 0 Å². The number of anilines is 2. The molecule has 0 bridgehead atoms. The lowest BCUT2D eigenvalue weighted by atomic mass is 9.92. The number of hydrogen-bond acceptors (Lipinski definition) is 6. The number of nitrogens with one attached hydrogen (secondary N) is 2. The summed E-state index contributed by atoms with van der Waals surface area (Å²) in [6, 6.07) is 15.9. The van der Waals surface area contributed by atoms with E-state index in [1.165, 1.54) is 5.69 Å². The number of hydrogen-bond donors (Lipinski definition) is 2. The molecule has 2 amide bonds. The largest absolute Gasteiger partial charge is 0.369 e. The van der Waals surface area contributed by atoms with Crippen LogP contribution in [0.2, 0.25) is 0 Å². The van der Waals surface area contributed by atoms with Crippen molar-refractivity contribution >= 4 is 40.1 Å². The minimum Gasteiger partial charge on any atom is -0.369 e. The summed E-state index contributed by atoms with van der Waals surface area (Å²) in [7, 11) is 2.15. The number of thiophene rings is 1. The lowest BCUT2D eigenvalue weighted by molar-refractivity contribution is -0.114. The Bertz CT molecular complexity index is 1180. The van der Waals surface area contributed by atoms with E-state index in [9.17, 15) is 9.59 Å². The van der Waals surface area contributed by atoms with E-state index >= 15 is 0 Å². The summed E-state index contributed by atoms with van der Waals surface area (Å²) in [5, 5.41) is 9.73. The Morgan fingerprint density at radius 3 is 2.41 bits per heavy atom. The number of imide groups is 1. The third-order valence-electron chi connectivity index (χ3n) is 6.00. The van der Waals surface area contributed by atoms with Gasteiger partial charge < -0.3 is 15.1 Å². The Morgan fingerprint density at radius 2 is 1.69 bits per heavy atom. The highest BCUT2D eigenvalue weighted by molar-refractivity contribution is 7.08. The third-order valence-corrected chi connectivity index (χ3v) is 6.68. The molecule has 6 nitrogen and oxygen atoms in total. The molecule has 0 aliphatic carbocycles. The van der Waals surface area contributed by atoms with Gasteiger partial charge >= 0.3 is 0 Å². The van der Waals surface area contributed by atoms with E-state index in [-0.39, 0.29) is 5.91 Å². The van der Waals surface area contributed by atoms with Crippen LogP contribution in [-0.2, 0) is 4.79 Å². The second kappa shape index (κ2) is 8.61. The fourth-order valence-corrected chi connectivity index (χ4v) is 4.73. The maximum atomic E-state index is 12.6. The van der Waals surface area contributed by atoms with Crippen molar-refractivity contribution in [1.29, 1.82) is 0 Å². The van der Waals surface area contributed by atoms with Gasteiger partial charge in [0.2, 0.25) is 0 Å². The molecule has 0 unspecified atom stereocenters. The molecule has 1 aromatic heterocycles. The zero-order valence-corrected chi connectivity index (χ0v) is 18.6. The van der Waals surface area contributed by atoms with Crippen LogP contribution >= 0.6 is 11.3 Å². The van der Waals surface area contributed by atoms with Gasteiger partial charge in [-0.2, -0.15) is 11.3 Å². The van der Waals surface area contributed by atoms with Gasteiger partial charge in [0.25, 0.3) is 11.8 Å². The standard InChI is InChI=1S/C25H24N4O2S/c1-28-9-11-29(12-10-28)20-5-3-19(4-6-20)26-15-23-22-14-17(18-8-13-32-16-18)2-7-21(22)24(30)27-25(23)31/h2-8,13-16,26H,9-12H2,1H3,(H,27,30,31)/b23-15-. The molecule has 1 saturated heterocycles. The van der Waals surface area contributed by atoms with Crippen molar-refractivity contribution in [2.75, 3.05) is 43.4 Å². The van der Waals surface area contributed by atoms with Crippen molar-refractivity contribution in [3.63, 3.8) is 0 Å². The van der Waals surface area contributed by atoms with Gasteiger partial charge in [0.05, 0.1) is 5.57 Å². The number of carbonyl (C=O) groups is 2. The lowest BCUT2D eigenvalue weighted by Gasteiger charge is -2.34. The fraction of sp³-hybridized carbons (Fsp3) is 0.200. The van der Waals surface area contributed by atoms with Crippen LogP contribution in [-0.4, -0.2) is 49.9 Å². The normalized spacial score (nSPS) is 17.9. The number of rotatable bonds is 4. The maximum Gasteiger partial charge on any atom is 0.260 e. The highest BCUT2D eigenvalue weighted by atomic mass is 32.1. The quantitative estimate of drug-likeness (QED) is 0.472. The van der Waals surface area contributed by atoms with Gasteiger partial charge in [-0.05, 0) is 71.4 Å². The highest BCUT2D eigenvalue weighted by Gasteiger charge is 2.27. The summed E-state index contributed by atoms with van der Waals surface area (Å²) in [4.78, 5) is 29.7. The molecule has 2 N–H and O–H groups in total. The van der Waals surface area contributed by atoms with Crippen molar-refractivity contribution in [2.24, 2.45) is 0 Å². The Balaban J connectivity index is 1.39. The van der Waals surface area contributed by atoms with Gasteiger partial charge in [-0.3, -0.25) is 14.9 Å². The van der Waals surface area contributed by atoms with E-state index in [1.807, 2.05) is 35.7 Å². The minimum absolute atomic E-state index is 0.365. The van der Waals surface area contributed by atoms with E-state index in [1.54, 1.807) is 23.6 Å². The molecule has 162 valence electrons. The van der Waals surface area contributed by atoms with Crippen molar-refractivity contribution < 1.29 is 9.59 Å². The monoisotopic (exact) mass is 444 g/mol. The van der Waals surface area contributed by atoms with Crippen molar-refractivity contribution in [2.45, 2.75) is 0 Å². The van der Waals surface area contributed by atoms with Crippen molar-refractivity contribution in [1.82, 2.24) is 10.2 Å². The number of benzene rings is 2. The summed E-state index contributed by atoms with van der Waals surface area (Å²) < 4.78 is 0. The first-order valence-corrected chi connectivity index (χ1v) is 11.6. The maximum absolute atomic E-state index is 12.6. The van der Waals surface area contributed by atoms with Crippen LogP contribution in [0.4, 0.5) is 11.4 Å². The smallest absolute Gasteiger partial charge is 0.260 e. The van der Waals surface area contributed by atoms with E-state index in [2.05, 4.69) is 45.0 Å². The lowest BCUT2D eigenvalue weighted by Crippen LogP contribution is -2.44. The van der Waals surface area contributed by atoms with Crippen LogP contribution in [0.15, 0.2) is 65.5 Å². The average Bonchev–Trinajstić information content (AvgIpc) is 3.35. The number of carbonyl (C=O) groups excluding carboxylic acids is 2. The number of likely N-dealkylation sites (N-methyl/N-ethyl adjacent to an activating group) is 1. The van der Waals surface area contributed by atoms with E-state index in [0.29, 0.717) is 16.7 Å². The summed E-state index contributed by atoms with van der Waals surface area (Å²) in [6.45, 7) is 4.16. The number of nitrogens with zero attached hydrogens (tertiary/aromatic N) is 2. The van der Waals surface area contributed by atoms with Crippen LogP contribution in [0.25, 0.3) is 16.7 Å². The summed E-state index contributed by atoms with van der Waals surface area (Å²) in [6.07, 6.45) is 1.68. The van der Waals surface area contributed by atoms with Crippen LogP contribution < -0.4 is 15.5 Å². The van der Waals surface area contributed by atoms with Crippen molar-refractivity contribution in [3.05, 3.63) is 76.6 Å². The second-order valence-corrected chi connectivity index (χ2v) is 8.88. The molecule has 32 heavy (non-hydrogen) atoms. The fourth-order valence-electron chi connectivity index (χ4n) is 4.07. The molecule has 2 aliphatic heterocycles. The summed E-state index contributed by atoms with van der Waals surface area (Å²) >= 11 is 1.61. The highest BCUT2D eigenvalue weighted by Crippen LogP contribution is 2.31. The molecule has 3 aromatic rings. The predicted molar refractivity (Wildman–Crippen MR) is 130 cm³/mol. The van der Waals surface area contributed by atoms with E-state index in [0.717, 1.165) is 43.0 Å². The molecule has 0 atom stereocenters. The van der Waals surface area contributed by atoms with Gasteiger partial charge in [-0.1, -0.05) is 6.07 Å². The summed E-state index contributed by atoms with van der Waals surface area (Å²) in [5.41, 5.74) is 5.72. The van der Waals surface area contributed by atoms with Gasteiger partial charge in [0.15, 0.2) is 0 Å². The first kappa shape index (κ1) is 20.5. The molecule has 0 radical (unpaired) electrons. The third kappa shape index (κ3) is 4.04. The predicted octanol–water partition coefficient (Wildman–Crippen LogP) is 3.89. The molecule has 7 heteroatoms. The van der Waals surface area contributed by atoms with E-state index < -0.39 is 5.91 Å². The molecule has 1 fully saturated rings. The van der Waals surface area contributed by atoms with Gasteiger partial charge in [0.1, 0.15) is 0 Å². The Labute approximate surface area is 191 Å². The molecular weight excluding hydrogens is 420 g/mol. The van der Waals surface area contributed by atoms with Crippen LogP contribution in [0.1, 0.15) is 15.9 Å². The van der Waals surface area contributed by atoms with Crippen LogP contribution in [0.5, 0.6) is 0 Å². The Hall–Kier alpha value is -3.42. The second-order valence-electron chi connectivity index (χ2n) is 8.10. The first-order chi connectivity index (χ1) is 15.6. The molecular formula is C25H24N4O2S. The molecule has 2 aromatic carbocycles. The van der Waals surface area contributed by atoms with Gasteiger partial charge in [-0.15, -0.1) is 0 Å². The van der Waals surface area contributed by atoms with E-state index in [4.69, 9.17) is 0 Å². The number of piperazine rings is 1. The molecule has 0 spiro atoms. The SMILES string of the molecule is CN1CCN(c2ccc(N/C=C3\C(=O)NC(=O)c4ccc(-c5ccsc5)cc43)cc2)CC1.